The predicted octanol–water partition coefficient (Wildman–Crippen LogP) is 3.70. The van der Waals surface area contributed by atoms with Crippen molar-refractivity contribution in [1.82, 2.24) is 0 Å². The van der Waals surface area contributed by atoms with Crippen molar-refractivity contribution < 1.29 is 23.4 Å². The molecule has 0 saturated carbocycles. The van der Waals surface area contributed by atoms with E-state index in [9.17, 15) is 9.59 Å². The Labute approximate surface area is 168 Å². The fourth-order valence-electron chi connectivity index (χ4n) is 3.14. The van der Waals surface area contributed by atoms with Gasteiger partial charge in [-0.2, -0.15) is 0 Å². The molecule has 3 rings (SSSR count). The van der Waals surface area contributed by atoms with E-state index in [1.54, 1.807) is 38.5 Å². The number of hydrogen-bond donors (Lipinski definition) is 1. The number of nitrogens with one attached hydrogen (secondary N) is 1. The van der Waals surface area contributed by atoms with Gasteiger partial charge >= 0.3 is 5.63 Å². The highest BCUT2D eigenvalue weighted by atomic mass is 16.5. The zero-order valence-corrected chi connectivity index (χ0v) is 16.8. The molecule has 29 heavy (non-hydrogen) atoms. The molecule has 0 aliphatic heterocycles. The second-order valence-corrected chi connectivity index (χ2v) is 6.47. The van der Waals surface area contributed by atoms with Gasteiger partial charge in [0.25, 0.3) is 0 Å². The molecular weight excluding hydrogens is 374 g/mol. The second-order valence-electron chi connectivity index (χ2n) is 6.47. The van der Waals surface area contributed by atoms with Crippen molar-refractivity contribution in [2.45, 2.75) is 19.8 Å². The van der Waals surface area contributed by atoms with Crippen LogP contribution in [0.5, 0.6) is 17.2 Å². The standard InChI is InChI=1S/C22H23NO6/c1-13-16-7-5-14(26-2)11-19(16)29-22(25)17(13)8-10-21(24)23-18-9-6-15(27-3)12-20(18)28-4/h5-7,9,11-12H,8,10H2,1-4H3,(H,23,24). The molecule has 1 N–H and O–H groups in total. The quantitative estimate of drug-likeness (QED) is 0.612. The minimum absolute atomic E-state index is 0.127. The number of benzene rings is 2. The zero-order valence-electron chi connectivity index (χ0n) is 16.8. The van der Waals surface area contributed by atoms with Gasteiger partial charge in [-0.05, 0) is 43.2 Å². The Morgan fingerprint density at radius 3 is 2.38 bits per heavy atom. The minimum atomic E-state index is -0.446. The molecule has 0 radical (unpaired) electrons. The lowest BCUT2D eigenvalue weighted by Gasteiger charge is -2.12. The molecule has 0 atom stereocenters. The van der Waals surface area contributed by atoms with Crippen LogP contribution in [0.15, 0.2) is 45.6 Å². The van der Waals surface area contributed by atoms with Crippen LogP contribution in [0.25, 0.3) is 11.0 Å². The molecule has 152 valence electrons. The number of carbonyl (C=O) groups is 1. The number of hydrogen-bond acceptors (Lipinski definition) is 6. The van der Waals surface area contributed by atoms with Gasteiger partial charge in [-0.3, -0.25) is 4.79 Å². The highest BCUT2D eigenvalue weighted by Gasteiger charge is 2.15. The Balaban J connectivity index is 1.77. The molecule has 2 aromatic carbocycles. The summed E-state index contributed by atoms with van der Waals surface area (Å²) in [4.78, 5) is 24.9. The van der Waals surface area contributed by atoms with Gasteiger partial charge in [0, 0.05) is 29.5 Å². The molecule has 0 aliphatic rings. The molecule has 1 amide bonds. The second kappa shape index (κ2) is 8.68. The molecule has 0 aliphatic carbocycles. The summed E-state index contributed by atoms with van der Waals surface area (Å²) in [6, 6.07) is 10.5. The van der Waals surface area contributed by atoms with E-state index in [0.717, 1.165) is 10.9 Å². The molecule has 3 aromatic rings. The average molecular weight is 397 g/mol. The van der Waals surface area contributed by atoms with E-state index >= 15 is 0 Å². The summed E-state index contributed by atoms with van der Waals surface area (Å²) >= 11 is 0. The normalized spacial score (nSPS) is 10.6. The van der Waals surface area contributed by atoms with E-state index in [2.05, 4.69) is 5.32 Å². The van der Waals surface area contributed by atoms with E-state index < -0.39 is 5.63 Å². The van der Waals surface area contributed by atoms with Crippen molar-refractivity contribution in [2.75, 3.05) is 26.6 Å². The largest absolute Gasteiger partial charge is 0.497 e. The monoisotopic (exact) mass is 397 g/mol. The smallest absolute Gasteiger partial charge is 0.339 e. The van der Waals surface area contributed by atoms with Crippen LogP contribution in [-0.4, -0.2) is 27.2 Å². The van der Waals surface area contributed by atoms with Crippen molar-refractivity contribution in [3.8, 4) is 17.2 Å². The molecule has 1 heterocycles. The maximum Gasteiger partial charge on any atom is 0.339 e. The number of amides is 1. The van der Waals surface area contributed by atoms with Gasteiger partial charge in [-0.1, -0.05) is 0 Å². The molecule has 1 aromatic heterocycles. The third-order valence-electron chi connectivity index (χ3n) is 4.78. The van der Waals surface area contributed by atoms with Crippen molar-refractivity contribution in [1.29, 1.82) is 0 Å². The van der Waals surface area contributed by atoms with Gasteiger partial charge in [0.15, 0.2) is 0 Å². The SMILES string of the molecule is COc1ccc(NC(=O)CCc2c(C)c3ccc(OC)cc3oc2=O)c(OC)c1. The van der Waals surface area contributed by atoms with E-state index in [4.69, 9.17) is 18.6 Å². The van der Waals surface area contributed by atoms with Gasteiger partial charge in [0.05, 0.1) is 27.0 Å². The maximum absolute atomic E-state index is 12.4. The number of methoxy groups -OCH3 is 3. The van der Waals surface area contributed by atoms with Crippen LogP contribution in [-0.2, 0) is 11.2 Å². The van der Waals surface area contributed by atoms with Crippen LogP contribution in [0.3, 0.4) is 0 Å². The summed E-state index contributed by atoms with van der Waals surface area (Å²) in [5, 5.41) is 3.62. The molecule has 0 unspecified atom stereocenters. The lowest BCUT2D eigenvalue weighted by atomic mass is 10.0. The summed E-state index contributed by atoms with van der Waals surface area (Å²) < 4.78 is 21.0. The Morgan fingerprint density at radius 1 is 1.00 bits per heavy atom. The molecule has 0 spiro atoms. The first-order valence-electron chi connectivity index (χ1n) is 9.09. The predicted molar refractivity (Wildman–Crippen MR) is 110 cm³/mol. The van der Waals surface area contributed by atoms with Crippen molar-refractivity contribution in [3.63, 3.8) is 0 Å². The van der Waals surface area contributed by atoms with Crippen LogP contribution >= 0.6 is 0 Å². The van der Waals surface area contributed by atoms with Gasteiger partial charge in [0.1, 0.15) is 22.8 Å². The lowest BCUT2D eigenvalue weighted by Crippen LogP contribution is -2.17. The summed E-state index contributed by atoms with van der Waals surface area (Å²) in [5.41, 5.74) is 1.84. The molecule has 0 fully saturated rings. The van der Waals surface area contributed by atoms with Gasteiger partial charge in [-0.25, -0.2) is 4.79 Å². The van der Waals surface area contributed by atoms with Crippen LogP contribution in [0.4, 0.5) is 5.69 Å². The van der Waals surface area contributed by atoms with Crippen LogP contribution in [0, 0.1) is 6.92 Å². The summed E-state index contributed by atoms with van der Waals surface area (Å²) in [6.07, 6.45) is 0.392. The summed E-state index contributed by atoms with van der Waals surface area (Å²) in [6.45, 7) is 1.85. The van der Waals surface area contributed by atoms with Crippen LogP contribution in [0.2, 0.25) is 0 Å². The lowest BCUT2D eigenvalue weighted by molar-refractivity contribution is -0.116. The third kappa shape index (κ3) is 4.34. The number of fused-ring (bicyclic) bond motifs is 1. The summed E-state index contributed by atoms with van der Waals surface area (Å²) in [7, 11) is 4.63. The van der Waals surface area contributed by atoms with E-state index in [1.165, 1.54) is 7.11 Å². The van der Waals surface area contributed by atoms with Crippen molar-refractivity contribution in [2.24, 2.45) is 0 Å². The highest BCUT2D eigenvalue weighted by Crippen LogP contribution is 2.29. The average Bonchev–Trinajstić information content (AvgIpc) is 2.73. The number of rotatable bonds is 7. The highest BCUT2D eigenvalue weighted by molar-refractivity contribution is 5.92. The Hall–Kier alpha value is -3.48. The molecule has 7 nitrogen and oxygen atoms in total. The fraction of sp³-hybridized carbons (Fsp3) is 0.273. The first-order valence-corrected chi connectivity index (χ1v) is 9.09. The zero-order chi connectivity index (χ0) is 21.0. The first-order chi connectivity index (χ1) is 14.0. The van der Waals surface area contributed by atoms with Crippen LogP contribution < -0.4 is 25.2 Å². The van der Waals surface area contributed by atoms with Gasteiger partial charge in [-0.15, -0.1) is 0 Å². The van der Waals surface area contributed by atoms with E-state index in [1.807, 2.05) is 19.1 Å². The van der Waals surface area contributed by atoms with Crippen molar-refractivity contribution in [3.05, 3.63) is 57.9 Å². The van der Waals surface area contributed by atoms with Gasteiger partial charge < -0.3 is 23.9 Å². The third-order valence-corrected chi connectivity index (χ3v) is 4.78. The Kier molecular flexibility index (Phi) is 6.07. The van der Waals surface area contributed by atoms with Crippen molar-refractivity contribution >= 4 is 22.6 Å². The number of aryl methyl sites for hydroxylation is 1. The van der Waals surface area contributed by atoms with E-state index in [-0.39, 0.29) is 18.7 Å². The van der Waals surface area contributed by atoms with Gasteiger partial charge in [0.2, 0.25) is 5.91 Å². The number of ether oxygens (including phenoxy) is 3. The topological polar surface area (TPSA) is 87.0 Å². The Morgan fingerprint density at radius 2 is 1.69 bits per heavy atom. The first kappa shape index (κ1) is 20.3. The minimum Gasteiger partial charge on any atom is -0.497 e. The number of carbonyl (C=O) groups excluding carboxylic acids is 1. The Bertz CT molecular complexity index is 1100. The molecular formula is C22H23NO6. The van der Waals surface area contributed by atoms with E-state index in [0.29, 0.717) is 34.1 Å². The number of anilines is 1. The molecule has 7 heteroatoms. The van der Waals surface area contributed by atoms with Crippen LogP contribution in [0.1, 0.15) is 17.5 Å². The molecule has 0 saturated heterocycles. The molecule has 0 bridgehead atoms. The summed E-state index contributed by atoms with van der Waals surface area (Å²) in [5.74, 6) is 1.50. The fourth-order valence-corrected chi connectivity index (χ4v) is 3.14. The maximum atomic E-state index is 12.4.